The van der Waals surface area contributed by atoms with E-state index in [0.717, 1.165) is 33.8 Å². The summed E-state index contributed by atoms with van der Waals surface area (Å²) in [5, 5.41) is 15.5. The van der Waals surface area contributed by atoms with Crippen molar-refractivity contribution in [3.8, 4) is 17.2 Å². The van der Waals surface area contributed by atoms with Crippen molar-refractivity contribution in [3.63, 3.8) is 0 Å². The minimum absolute atomic E-state index is 0.164. The molecule has 0 unspecified atom stereocenters. The normalized spacial score (nSPS) is 13.4. The SMILES string of the molecule is Cc1ccc2ccc([C@H](Nc3cccc[nH+]3)c3ccc4c(c3)OCO4)c(O)c2n1. The zero-order valence-corrected chi connectivity index (χ0v) is 15.8. The number of H-pyrrole nitrogens is 1. The number of aryl methyl sites for hydroxylation is 1. The molecule has 144 valence electrons. The molecule has 1 aliphatic heterocycles. The molecule has 2 aromatic carbocycles. The average Bonchev–Trinajstić information content (AvgIpc) is 3.22. The van der Waals surface area contributed by atoms with E-state index >= 15 is 0 Å². The summed E-state index contributed by atoms with van der Waals surface area (Å²) in [7, 11) is 0. The number of fused-ring (bicyclic) bond motifs is 2. The summed E-state index contributed by atoms with van der Waals surface area (Å²) in [5.74, 6) is 2.41. The van der Waals surface area contributed by atoms with E-state index in [1.807, 2.05) is 73.8 Å². The molecule has 0 aliphatic carbocycles. The minimum atomic E-state index is -0.324. The Hall–Kier alpha value is -3.80. The molecule has 0 saturated heterocycles. The lowest BCUT2D eigenvalue weighted by molar-refractivity contribution is -0.361. The second-order valence-electron chi connectivity index (χ2n) is 6.99. The Kier molecular flexibility index (Phi) is 4.17. The number of anilines is 1. The average molecular weight is 386 g/mol. The molecule has 3 N–H and O–H groups in total. The quantitative estimate of drug-likeness (QED) is 0.554. The van der Waals surface area contributed by atoms with Crippen LogP contribution < -0.4 is 19.8 Å². The molecule has 5 rings (SSSR count). The smallest absolute Gasteiger partial charge is 0.272 e. The lowest BCUT2D eigenvalue weighted by atomic mass is 9.95. The van der Waals surface area contributed by atoms with E-state index in [9.17, 15) is 5.11 Å². The molecule has 0 radical (unpaired) electrons. The molecular formula is C23H20N3O3+. The van der Waals surface area contributed by atoms with Crippen LogP contribution >= 0.6 is 0 Å². The molecule has 0 spiro atoms. The summed E-state index contributed by atoms with van der Waals surface area (Å²) in [5.41, 5.74) is 3.11. The van der Waals surface area contributed by atoms with Crippen molar-refractivity contribution >= 4 is 16.7 Å². The molecule has 0 fully saturated rings. The van der Waals surface area contributed by atoms with Crippen LogP contribution in [0.4, 0.5) is 5.82 Å². The van der Waals surface area contributed by atoms with Crippen LogP contribution in [0.2, 0.25) is 0 Å². The highest BCUT2D eigenvalue weighted by molar-refractivity contribution is 5.86. The first-order chi connectivity index (χ1) is 14.2. The summed E-state index contributed by atoms with van der Waals surface area (Å²) in [4.78, 5) is 7.74. The lowest BCUT2D eigenvalue weighted by Crippen LogP contribution is -2.19. The molecule has 29 heavy (non-hydrogen) atoms. The van der Waals surface area contributed by atoms with Gasteiger partial charge < -0.3 is 14.6 Å². The summed E-state index contributed by atoms with van der Waals surface area (Å²) in [6.45, 7) is 2.13. The van der Waals surface area contributed by atoms with Gasteiger partial charge in [0, 0.05) is 28.3 Å². The van der Waals surface area contributed by atoms with Crippen LogP contribution in [0.1, 0.15) is 22.9 Å². The summed E-state index contributed by atoms with van der Waals surface area (Å²) in [6, 6.07) is 19.1. The second kappa shape index (κ2) is 6.98. The molecule has 6 nitrogen and oxygen atoms in total. The van der Waals surface area contributed by atoms with Crippen molar-refractivity contribution in [2.45, 2.75) is 13.0 Å². The number of nitrogens with one attached hydrogen (secondary N) is 2. The first-order valence-corrected chi connectivity index (χ1v) is 9.41. The number of aromatic nitrogens is 2. The van der Waals surface area contributed by atoms with Crippen LogP contribution in [0, 0.1) is 6.92 Å². The first kappa shape index (κ1) is 17.3. The minimum Gasteiger partial charge on any atom is -0.505 e. The van der Waals surface area contributed by atoms with Gasteiger partial charge in [0.25, 0.3) is 5.82 Å². The van der Waals surface area contributed by atoms with Gasteiger partial charge in [-0.15, -0.1) is 0 Å². The van der Waals surface area contributed by atoms with Crippen molar-refractivity contribution in [2.75, 3.05) is 12.1 Å². The van der Waals surface area contributed by atoms with Crippen molar-refractivity contribution in [1.29, 1.82) is 0 Å². The molecule has 4 aromatic rings. The molecule has 1 atom stereocenters. The van der Waals surface area contributed by atoms with Gasteiger partial charge in [0.05, 0.1) is 6.20 Å². The fraction of sp³-hybridized carbons (Fsp3) is 0.130. The lowest BCUT2D eigenvalue weighted by Gasteiger charge is -2.18. The van der Waals surface area contributed by atoms with E-state index in [0.29, 0.717) is 11.3 Å². The van der Waals surface area contributed by atoms with Gasteiger partial charge in [-0.1, -0.05) is 24.3 Å². The number of hydrogen-bond donors (Lipinski definition) is 2. The van der Waals surface area contributed by atoms with Gasteiger partial charge >= 0.3 is 0 Å². The third-order valence-corrected chi connectivity index (χ3v) is 5.06. The zero-order chi connectivity index (χ0) is 19.8. The number of phenols is 1. The van der Waals surface area contributed by atoms with Gasteiger partial charge in [-0.25, -0.2) is 9.97 Å². The number of phenolic OH excluding ortho intramolecular Hbond substituents is 1. The fourth-order valence-electron chi connectivity index (χ4n) is 3.59. The Balaban J connectivity index is 1.66. The molecule has 0 bridgehead atoms. The third kappa shape index (κ3) is 3.18. The number of nitrogens with zero attached hydrogens (tertiary/aromatic N) is 1. The monoisotopic (exact) mass is 386 g/mol. The summed E-state index contributed by atoms with van der Waals surface area (Å²) >= 11 is 0. The van der Waals surface area contributed by atoms with Gasteiger partial charge in [-0.2, -0.15) is 0 Å². The van der Waals surface area contributed by atoms with Crippen LogP contribution in [-0.4, -0.2) is 16.9 Å². The van der Waals surface area contributed by atoms with Crippen LogP contribution in [0.15, 0.2) is 66.9 Å². The Labute approximate surface area is 167 Å². The van der Waals surface area contributed by atoms with Crippen molar-refractivity contribution in [2.24, 2.45) is 0 Å². The van der Waals surface area contributed by atoms with Crippen LogP contribution in [0.5, 0.6) is 17.2 Å². The topological polar surface area (TPSA) is 77.8 Å². The predicted molar refractivity (Wildman–Crippen MR) is 109 cm³/mol. The maximum Gasteiger partial charge on any atom is 0.272 e. The number of pyridine rings is 2. The van der Waals surface area contributed by atoms with Crippen molar-refractivity contribution < 1.29 is 19.6 Å². The van der Waals surface area contributed by atoms with E-state index in [1.165, 1.54) is 0 Å². The van der Waals surface area contributed by atoms with Gasteiger partial charge in [-0.3, -0.25) is 5.32 Å². The van der Waals surface area contributed by atoms with Crippen LogP contribution in [-0.2, 0) is 0 Å². The first-order valence-electron chi connectivity index (χ1n) is 9.41. The molecule has 0 saturated carbocycles. The van der Waals surface area contributed by atoms with Crippen LogP contribution in [0.25, 0.3) is 10.9 Å². The molecule has 6 heteroatoms. The van der Waals surface area contributed by atoms with Gasteiger partial charge in [0.1, 0.15) is 17.3 Å². The number of ether oxygens (including phenoxy) is 2. The highest BCUT2D eigenvalue weighted by Crippen LogP contribution is 2.40. The standard InChI is InChI=1S/C23H19N3O3/c1-14-5-6-15-7-9-17(23(27)22(15)25-14)21(26-20-4-2-3-11-24-20)16-8-10-18-19(12-16)29-13-28-18/h2-12,21,27H,13H2,1H3,(H,24,26)/p+1/t21-/m1/s1. The van der Waals surface area contributed by atoms with E-state index in [1.54, 1.807) is 0 Å². The van der Waals surface area contributed by atoms with Crippen LogP contribution in [0.3, 0.4) is 0 Å². The maximum absolute atomic E-state index is 11.1. The van der Waals surface area contributed by atoms with Gasteiger partial charge in [0.2, 0.25) is 6.79 Å². The highest BCUT2D eigenvalue weighted by atomic mass is 16.7. The third-order valence-electron chi connectivity index (χ3n) is 5.06. The Bertz CT molecular complexity index is 1190. The number of rotatable bonds is 4. The van der Waals surface area contributed by atoms with E-state index in [4.69, 9.17) is 9.47 Å². The van der Waals surface area contributed by atoms with Gasteiger partial charge in [0.15, 0.2) is 11.5 Å². The molecule has 3 heterocycles. The Morgan fingerprint density at radius 2 is 1.90 bits per heavy atom. The Morgan fingerprint density at radius 1 is 1.03 bits per heavy atom. The van der Waals surface area contributed by atoms with Crippen molar-refractivity contribution in [1.82, 2.24) is 4.98 Å². The van der Waals surface area contributed by atoms with E-state index < -0.39 is 0 Å². The zero-order valence-electron chi connectivity index (χ0n) is 15.8. The summed E-state index contributed by atoms with van der Waals surface area (Å²) in [6.07, 6.45) is 1.85. The van der Waals surface area contributed by atoms with Gasteiger partial charge in [-0.05, 0) is 37.3 Å². The molecule has 1 aliphatic rings. The maximum atomic E-state index is 11.1. The van der Waals surface area contributed by atoms with E-state index in [-0.39, 0.29) is 18.6 Å². The second-order valence-corrected chi connectivity index (χ2v) is 6.99. The number of hydrogen-bond acceptors (Lipinski definition) is 5. The number of aromatic hydroxyl groups is 1. The molecular weight excluding hydrogens is 366 g/mol. The number of benzene rings is 2. The van der Waals surface area contributed by atoms with E-state index in [2.05, 4.69) is 15.3 Å². The molecule has 2 aromatic heterocycles. The molecule has 0 amide bonds. The summed E-state index contributed by atoms with van der Waals surface area (Å²) < 4.78 is 11.0. The number of aromatic amines is 1. The predicted octanol–water partition coefficient (Wildman–Crippen LogP) is 3.99. The largest absolute Gasteiger partial charge is 0.505 e. The highest BCUT2D eigenvalue weighted by Gasteiger charge is 2.26. The fourth-order valence-corrected chi connectivity index (χ4v) is 3.59. The van der Waals surface area contributed by atoms with Crippen molar-refractivity contribution in [3.05, 3.63) is 83.7 Å². The Morgan fingerprint density at radius 3 is 2.76 bits per heavy atom.